The number of rotatable bonds is 9. The minimum atomic E-state index is 0.434. The van der Waals surface area contributed by atoms with E-state index < -0.39 is 0 Å². The number of methoxy groups -OCH3 is 2. The molecule has 1 N–H and O–H groups in total. The molecule has 0 unspecified atom stereocenters. The first-order chi connectivity index (χ1) is 15.7. The number of nitrogens with one attached hydrogen (secondary N) is 1. The van der Waals surface area contributed by atoms with Crippen LogP contribution >= 0.6 is 11.3 Å². The molecule has 0 saturated heterocycles. The average molecular weight is 446 g/mol. The van der Waals surface area contributed by atoms with Crippen LogP contribution in [0.4, 0.5) is 5.13 Å². The summed E-state index contributed by atoms with van der Waals surface area (Å²) in [7, 11) is 3.27. The van der Waals surface area contributed by atoms with Gasteiger partial charge in [0.25, 0.3) is 0 Å². The highest BCUT2D eigenvalue weighted by Crippen LogP contribution is 2.29. The lowest BCUT2D eigenvalue weighted by Crippen LogP contribution is -1.99. The van der Waals surface area contributed by atoms with E-state index in [1.54, 1.807) is 20.4 Å². The van der Waals surface area contributed by atoms with Crippen molar-refractivity contribution < 1.29 is 14.2 Å². The predicted molar refractivity (Wildman–Crippen MR) is 129 cm³/mol. The van der Waals surface area contributed by atoms with Crippen LogP contribution in [0.1, 0.15) is 11.1 Å². The Morgan fingerprint density at radius 3 is 2.50 bits per heavy atom. The molecule has 4 rings (SSSR count). The zero-order valence-electron chi connectivity index (χ0n) is 17.8. The van der Waals surface area contributed by atoms with E-state index in [4.69, 9.17) is 14.2 Å². The van der Waals surface area contributed by atoms with Gasteiger partial charge in [0.1, 0.15) is 12.4 Å². The first-order valence-corrected chi connectivity index (χ1v) is 10.9. The number of ether oxygens (including phenoxy) is 3. The smallest absolute Gasteiger partial charge is 0.203 e. The first-order valence-electron chi connectivity index (χ1n) is 9.99. The van der Waals surface area contributed by atoms with E-state index in [0.717, 1.165) is 33.3 Å². The van der Waals surface area contributed by atoms with Gasteiger partial charge in [0.05, 0.1) is 26.1 Å². The van der Waals surface area contributed by atoms with Crippen molar-refractivity contribution in [2.45, 2.75) is 6.61 Å². The Bertz CT molecular complexity index is 1170. The molecular formula is C25H23N3O3S. The second-order valence-electron chi connectivity index (χ2n) is 6.82. The van der Waals surface area contributed by atoms with Crippen molar-refractivity contribution in [1.82, 2.24) is 4.98 Å². The van der Waals surface area contributed by atoms with Gasteiger partial charge in [-0.1, -0.05) is 42.5 Å². The molecule has 0 radical (unpaired) electrons. The highest BCUT2D eigenvalue weighted by atomic mass is 32.1. The van der Waals surface area contributed by atoms with Crippen LogP contribution in [0.2, 0.25) is 0 Å². The van der Waals surface area contributed by atoms with Gasteiger partial charge in [0, 0.05) is 10.9 Å². The number of aromatic nitrogens is 1. The molecule has 32 heavy (non-hydrogen) atoms. The monoisotopic (exact) mass is 445 g/mol. The van der Waals surface area contributed by atoms with Crippen LogP contribution in [-0.4, -0.2) is 25.4 Å². The lowest BCUT2D eigenvalue weighted by molar-refractivity contribution is 0.284. The Morgan fingerprint density at radius 1 is 0.938 bits per heavy atom. The molecule has 7 heteroatoms. The number of anilines is 1. The summed E-state index contributed by atoms with van der Waals surface area (Å²) in [6.07, 6.45) is 1.72. The SMILES string of the molecule is COc1ccc(COc2ccc(C=NNc3nc(-c4ccccc4)cs3)cc2OC)cc1. The minimum absolute atomic E-state index is 0.434. The maximum atomic E-state index is 5.93. The summed E-state index contributed by atoms with van der Waals surface area (Å²) in [5.74, 6) is 2.13. The van der Waals surface area contributed by atoms with Crippen molar-refractivity contribution >= 4 is 22.7 Å². The zero-order valence-corrected chi connectivity index (χ0v) is 18.6. The van der Waals surface area contributed by atoms with E-state index in [2.05, 4.69) is 15.5 Å². The molecule has 4 aromatic rings. The molecule has 0 aliphatic heterocycles. The van der Waals surface area contributed by atoms with Gasteiger partial charge < -0.3 is 14.2 Å². The normalized spacial score (nSPS) is 10.8. The highest BCUT2D eigenvalue weighted by Gasteiger charge is 2.07. The summed E-state index contributed by atoms with van der Waals surface area (Å²) in [4.78, 5) is 4.56. The van der Waals surface area contributed by atoms with Crippen molar-refractivity contribution in [1.29, 1.82) is 0 Å². The zero-order chi connectivity index (χ0) is 22.2. The van der Waals surface area contributed by atoms with Crippen molar-refractivity contribution in [3.8, 4) is 28.5 Å². The Balaban J connectivity index is 1.37. The molecule has 1 aromatic heterocycles. The van der Waals surface area contributed by atoms with Crippen molar-refractivity contribution in [3.05, 3.63) is 89.3 Å². The lowest BCUT2D eigenvalue weighted by Gasteiger charge is -2.11. The van der Waals surface area contributed by atoms with Crippen LogP contribution in [-0.2, 0) is 6.61 Å². The second-order valence-corrected chi connectivity index (χ2v) is 7.68. The third-order valence-electron chi connectivity index (χ3n) is 4.69. The van der Waals surface area contributed by atoms with Crippen LogP contribution in [0.15, 0.2) is 83.3 Å². The quantitative estimate of drug-likeness (QED) is 0.258. The van der Waals surface area contributed by atoms with Gasteiger partial charge in [-0.2, -0.15) is 5.10 Å². The van der Waals surface area contributed by atoms with E-state index in [1.165, 1.54) is 11.3 Å². The Labute approximate surface area is 191 Å². The molecule has 0 aliphatic carbocycles. The summed E-state index contributed by atoms with van der Waals surface area (Å²) in [5.41, 5.74) is 6.91. The molecule has 6 nitrogen and oxygen atoms in total. The lowest BCUT2D eigenvalue weighted by atomic mass is 10.2. The van der Waals surface area contributed by atoms with Crippen LogP contribution in [0, 0.1) is 0 Å². The van der Waals surface area contributed by atoms with E-state index in [0.29, 0.717) is 18.1 Å². The standard InChI is InChI=1S/C25H23N3O3S/c1-29-21-11-8-18(9-12-21)16-31-23-13-10-19(14-24(23)30-2)15-26-28-25-27-22(17-32-25)20-6-4-3-5-7-20/h3-15,17H,16H2,1-2H3,(H,27,28). The molecular weight excluding hydrogens is 422 g/mol. The Kier molecular flexibility index (Phi) is 6.99. The average Bonchev–Trinajstić information content (AvgIpc) is 3.33. The maximum absolute atomic E-state index is 5.93. The number of hydrogen-bond acceptors (Lipinski definition) is 7. The summed E-state index contributed by atoms with van der Waals surface area (Å²) in [6, 6.07) is 23.5. The Morgan fingerprint density at radius 2 is 1.75 bits per heavy atom. The molecule has 3 aromatic carbocycles. The van der Waals surface area contributed by atoms with Gasteiger partial charge in [0.2, 0.25) is 5.13 Å². The van der Waals surface area contributed by atoms with E-state index in [-0.39, 0.29) is 0 Å². The molecule has 0 aliphatic rings. The van der Waals surface area contributed by atoms with Gasteiger partial charge in [-0.3, -0.25) is 5.43 Å². The first kappa shape index (κ1) is 21.4. The van der Waals surface area contributed by atoms with Crippen LogP contribution in [0.3, 0.4) is 0 Å². The number of hydrazone groups is 1. The fourth-order valence-corrected chi connectivity index (χ4v) is 3.66. The molecule has 0 bridgehead atoms. The molecule has 0 saturated carbocycles. The summed E-state index contributed by atoms with van der Waals surface area (Å²) >= 11 is 1.51. The fourth-order valence-electron chi connectivity index (χ4n) is 3.00. The molecule has 0 spiro atoms. The van der Waals surface area contributed by atoms with Crippen molar-refractivity contribution in [3.63, 3.8) is 0 Å². The van der Waals surface area contributed by atoms with E-state index >= 15 is 0 Å². The van der Waals surface area contributed by atoms with E-state index in [1.807, 2.05) is 78.2 Å². The largest absolute Gasteiger partial charge is 0.497 e. The fraction of sp³-hybridized carbons (Fsp3) is 0.120. The van der Waals surface area contributed by atoms with Gasteiger partial charge in [-0.05, 0) is 41.5 Å². The third kappa shape index (κ3) is 5.44. The maximum Gasteiger partial charge on any atom is 0.203 e. The van der Waals surface area contributed by atoms with Crippen LogP contribution in [0.5, 0.6) is 17.2 Å². The number of benzene rings is 3. The van der Waals surface area contributed by atoms with Gasteiger partial charge in [0.15, 0.2) is 11.5 Å². The molecule has 0 amide bonds. The van der Waals surface area contributed by atoms with Crippen LogP contribution in [0.25, 0.3) is 11.3 Å². The summed E-state index contributed by atoms with van der Waals surface area (Å²) < 4.78 is 16.6. The molecule has 0 fully saturated rings. The van der Waals surface area contributed by atoms with Gasteiger partial charge >= 0.3 is 0 Å². The number of thiazole rings is 1. The summed E-state index contributed by atoms with van der Waals surface area (Å²) in [5, 5.41) is 7.03. The Hall–Kier alpha value is -3.84. The van der Waals surface area contributed by atoms with Crippen molar-refractivity contribution in [2.75, 3.05) is 19.6 Å². The number of nitrogens with zero attached hydrogens (tertiary/aromatic N) is 2. The van der Waals surface area contributed by atoms with Gasteiger partial charge in [-0.25, -0.2) is 4.98 Å². The summed E-state index contributed by atoms with van der Waals surface area (Å²) in [6.45, 7) is 0.434. The second kappa shape index (κ2) is 10.5. The minimum Gasteiger partial charge on any atom is -0.497 e. The van der Waals surface area contributed by atoms with Crippen LogP contribution < -0.4 is 19.6 Å². The molecule has 162 valence electrons. The predicted octanol–water partition coefficient (Wildman–Crippen LogP) is 5.85. The topological polar surface area (TPSA) is 65.0 Å². The molecule has 0 atom stereocenters. The number of hydrogen-bond donors (Lipinski definition) is 1. The third-order valence-corrected chi connectivity index (χ3v) is 5.44. The highest BCUT2D eigenvalue weighted by molar-refractivity contribution is 7.14. The molecule has 1 heterocycles. The van der Waals surface area contributed by atoms with E-state index in [9.17, 15) is 0 Å². The van der Waals surface area contributed by atoms with Gasteiger partial charge in [-0.15, -0.1) is 11.3 Å². The van der Waals surface area contributed by atoms with Crippen molar-refractivity contribution in [2.24, 2.45) is 5.10 Å².